The molecule has 0 saturated heterocycles. The average Bonchev–Trinajstić information content (AvgIpc) is 3.19. The molecule has 1 heterocycles. The van der Waals surface area contributed by atoms with Gasteiger partial charge in [0, 0.05) is 42.9 Å². The lowest BCUT2D eigenvalue weighted by Crippen LogP contribution is -2.47. The fourth-order valence-electron chi connectivity index (χ4n) is 11.4. The van der Waals surface area contributed by atoms with Gasteiger partial charge < -0.3 is 23.1 Å². The van der Waals surface area contributed by atoms with E-state index in [-0.39, 0.29) is 0 Å². The van der Waals surface area contributed by atoms with E-state index in [0.717, 1.165) is 68.7 Å². The van der Waals surface area contributed by atoms with Crippen LogP contribution in [0.3, 0.4) is 0 Å². The van der Waals surface area contributed by atoms with Crippen molar-refractivity contribution in [1.29, 1.82) is 0 Å². The summed E-state index contributed by atoms with van der Waals surface area (Å²) >= 11 is 0. The maximum absolute atomic E-state index is 6.75. The third kappa shape index (κ3) is 16.3. The minimum atomic E-state index is -1.71. The maximum Gasteiger partial charge on any atom is 0.200 e. The zero-order valence-corrected chi connectivity index (χ0v) is 45.1. The normalized spacial score (nSPS) is 13.2. The summed E-state index contributed by atoms with van der Waals surface area (Å²) in [6, 6.07) is 8.58. The van der Waals surface area contributed by atoms with Crippen LogP contribution in [0.2, 0.25) is 33.2 Å². The highest BCUT2D eigenvalue weighted by atomic mass is 28.4. The van der Waals surface area contributed by atoms with Gasteiger partial charge in [0.2, 0.25) is 0 Å². The van der Waals surface area contributed by atoms with Gasteiger partial charge in [0.15, 0.2) is 16.6 Å². The quantitative estimate of drug-likeness (QED) is 0.0441. The molecular formula is C55H98O5Si2. The summed E-state index contributed by atoms with van der Waals surface area (Å²) < 4.78 is 32.6. The molecule has 0 radical (unpaired) electrons. The Hall–Kier alpha value is -1.81. The van der Waals surface area contributed by atoms with Gasteiger partial charge >= 0.3 is 0 Å². The molecule has 0 fully saturated rings. The lowest BCUT2D eigenvalue weighted by Gasteiger charge is -2.42. The average molecular weight is 896 g/mol. The molecule has 356 valence electrons. The lowest BCUT2D eigenvalue weighted by atomic mass is 9.93. The van der Waals surface area contributed by atoms with E-state index in [2.05, 4.69) is 121 Å². The summed E-state index contributed by atoms with van der Waals surface area (Å²) in [6.07, 6.45) is 23.8. The number of fused-ring (bicyclic) bond motifs is 2. The van der Waals surface area contributed by atoms with Crippen molar-refractivity contribution in [3.05, 3.63) is 46.5 Å². The highest BCUT2D eigenvalue weighted by molar-refractivity contribution is 6.78. The molecule has 0 unspecified atom stereocenters. The van der Waals surface area contributed by atoms with E-state index in [1.807, 2.05) is 0 Å². The molecule has 0 atom stereocenters. The van der Waals surface area contributed by atoms with Crippen LogP contribution in [0.5, 0.6) is 23.0 Å². The minimum Gasteiger partial charge on any atom is -0.493 e. The van der Waals surface area contributed by atoms with E-state index in [1.165, 1.54) is 125 Å². The van der Waals surface area contributed by atoms with E-state index in [0.29, 0.717) is 33.2 Å². The van der Waals surface area contributed by atoms with Crippen molar-refractivity contribution in [2.75, 3.05) is 26.4 Å². The Labute approximate surface area is 386 Å². The van der Waals surface area contributed by atoms with Crippen molar-refractivity contribution < 1.29 is 23.1 Å². The van der Waals surface area contributed by atoms with Gasteiger partial charge in [-0.05, 0) is 96.0 Å². The van der Waals surface area contributed by atoms with E-state index in [1.54, 1.807) is 0 Å². The Morgan fingerprint density at radius 1 is 0.387 bits per heavy atom. The van der Waals surface area contributed by atoms with Crippen molar-refractivity contribution in [3.63, 3.8) is 0 Å². The van der Waals surface area contributed by atoms with Crippen LogP contribution in [-0.4, -0.2) is 43.1 Å². The number of rotatable bonds is 34. The molecule has 0 saturated carbocycles. The molecule has 0 aliphatic carbocycles. The van der Waals surface area contributed by atoms with E-state index >= 15 is 0 Å². The summed E-state index contributed by atoms with van der Waals surface area (Å²) in [7, 11) is -3.43. The first-order valence-corrected chi connectivity index (χ1v) is 30.3. The van der Waals surface area contributed by atoms with Crippen LogP contribution in [0, 0.1) is 13.8 Å². The molecule has 0 amide bonds. The molecule has 62 heavy (non-hydrogen) atoms. The standard InChI is InChI=1S/C55H98O5Si2/c1-42(2)61(43(3)4,44(5)6)58-35-31-27-23-19-15-17-21-25-29-33-56-50-37-48(13)52-41-53-49(14)38-51(40-55(53)60-54(52)39-50)57-34-30-26-22-18-16-20-24-28-32-36-59-62(45(7)8,46(9)10)47(11)12/h37-40,42-47H,15-36,41H2,1-14H3. The third-order valence-corrected chi connectivity index (χ3v) is 26.9. The molecular weight excluding hydrogens is 797 g/mol. The molecule has 0 aromatic heterocycles. The molecule has 0 N–H and O–H groups in total. The number of benzene rings is 2. The Kier molecular flexibility index (Phi) is 24.9. The Bertz CT molecular complexity index is 1380. The number of unbranched alkanes of at least 4 members (excludes halogenated alkanes) is 16. The molecule has 1 aliphatic rings. The van der Waals surface area contributed by atoms with E-state index in [9.17, 15) is 0 Å². The minimum absolute atomic E-state index is 0.672. The Morgan fingerprint density at radius 3 is 0.919 bits per heavy atom. The molecule has 0 bridgehead atoms. The predicted octanol–water partition coefficient (Wildman–Crippen LogP) is 18.2. The molecule has 2 aromatic carbocycles. The van der Waals surface area contributed by atoms with Crippen molar-refractivity contribution in [2.24, 2.45) is 0 Å². The summed E-state index contributed by atoms with van der Waals surface area (Å²) in [6.45, 7) is 36.4. The fourth-order valence-corrected chi connectivity index (χ4v) is 22.4. The Morgan fingerprint density at radius 2 is 0.645 bits per heavy atom. The fraction of sp³-hybridized carbons (Fsp3) is 0.782. The first-order chi connectivity index (χ1) is 29.6. The SMILES string of the molecule is Cc1cc(OCCCCCCCCCCCO[Si](C(C)C)(C(C)C)C(C)C)cc2c1Cc1c(C)cc(OCCCCCCCCCCCO[Si](C(C)C)(C(C)C)C(C)C)cc1O2. The second-order valence-electron chi connectivity index (χ2n) is 21.1. The zero-order chi connectivity index (χ0) is 45.7. The van der Waals surface area contributed by atoms with Crippen LogP contribution in [0.15, 0.2) is 24.3 Å². The van der Waals surface area contributed by atoms with Crippen LogP contribution in [0.1, 0.15) is 221 Å². The van der Waals surface area contributed by atoms with Crippen LogP contribution in [0.25, 0.3) is 0 Å². The van der Waals surface area contributed by atoms with Gasteiger partial charge in [0.1, 0.15) is 23.0 Å². The highest BCUT2D eigenvalue weighted by Gasteiger charge is 2.45. The largest absolute Gasteiger partial charge is 0.493 e. The zero-order valence-electron chi connectivity index (χ0n) is 43.1. The van der Waals surface area contributed by atoms with Crippen molar-refractivity contribution >= 4 is 16.6 Å². The van der Waals surface area contributed by atoms with E-state index < -0.39 is 16.6 Å². The van der Waals surface area contributed by atoms with Gasteiger partial charge in [0.05, 0.1) is 13.2 Å². The van der Waals surface area contributed by atoms with Crippen molar-refractivity contribution in [1.82, 2.24) is 0 Å². The van der Waals surface area contributed by atoms with Gasteiger partial charge in [0.25, 0.3) is 0 Å². The van der Waals surface area contributed by atoms with Gasteiger partial charge in [-0.15, -0.1) is 0 Å². The van der Waals surface area contributed by atoms with E-state index in [4.69, 9.17) is 23.1 Å². The van der Waals surface area contributed by atoms with Gasteiger partial charge in [-0.3, -0.25) is 0 Å². The Balaban J connectivity index is 1.26. The summed E-state index contributed by atoms with van der Waals surface area (Å²) in [5, 5.41) is 0. The molecule has 7 heteroatoms. The molecule has 1 aliphatic heterocycles. The van der Waals surface area contributed by atoms with Crippen LogP contribution < -0.4 is 14.2 Å². The van der Waals surface area contributed by atoms with Crippen molar-refractivity contribution in [3.8, 4) is 23.0 Å². The topological polar surface area (TPSA) is 46.2 Å². The number of hydrogen-bond donors (Lipinski definition) is 0. The van der Waals surface area contributed by atoms with Crippen LogP contribution >= 0.6 is 0 Å². The number of hydrogen-bond acceptors (Lipinski definition) is 5. The predicted molar refractivity (Wildman–Crippen MR) is 273 cm³/mol. The lowest BCUT2D eigenvalue weighted by molar-refractivity contribution is 0.267. The van der Waals surface area contributed by atoms with Gasteiger partial charge in [-0.25, -0.2) is 0 Å². The van der Waals surface area contributed by atoms with Crippen molar-refractivity contribution in [2.45, 2.75) is 252 Å². The first kappa shape index (κ1) is 54.5. The highest BCUT2D eigenvalue weighted by Crippen LogP contribution is 2.45. The second-order valence-corrected chi connectivity index (χ2v) is 32.0. The third-order valence-electron chi connectivity index (χ3n) is 14.6. The summed E-state index contributed by atoms with van der Waals surface area (Å²) in [5.74, 6) is 3.69. The molecule has 0 spiro atoms. The number of ether oxygens (including phenoxy) is 3. The van der Waals surface area contributed by atoms with Crippen LogP contribution in [-0.2, 0) is 15.3 Å². The monoisotopic (exact) mass is 895 g/mol. The summed E-state index contributed by atoms with van der Waals surface area (Å²) in [4.78, 5) is 0. The summed E-state index contributed by atoms with van der Waals surface area (Å²) in [5.41, 5.74) is 9.04. The molecule has 5 nitrogen and oxygen atoms in total. The van der Waals surface area contributed by atoms with Gasteiger partial charge in [-0.1, -0.05) is 173 Å². The molecule has 2 aromatic rings. The maximum atomic E-state index is 6.75. The first-order valence-electron chi connectivity index (χ1n) is 26.1. The second kappa shape index (κ2) is 28.3. The molecule has 3 rings (SSSR count). The van der Waals surface area contributed by atoms with Gasteiger partial charge in [-0.2, -0.15) is 0 Å². The smallest absolute Gasteiger partial charge is 0.200 e. The van der Waals surface area contributed by atoms with Crippen LogP contribution in [0.4, 0.5) is 0 Å². The number of aryl methyl sites for hydroxylation is 2.